The summed E-state index contributed by atoms with van der Waals surface area (Å²) in [5.74, 6) is 0.734. The minimum atomic E-state index is 0.549. The third-order valence-electron chi connectivity index (χ3n) is 1.69. The molecule has 0 aliphatic rings. The monoisotopic (exact) mass is 232 g/mol. The van der Waals surface area contributed by atoms with Crippen LogP contribution in [0, 0.1) is 0 Å². The Hall–Kier alpha value is -0.380. The maximum absolute atomic E-state index is 4.94. The van der Waals surface area contributed by atoms with Crippen molar-refractivity contribution < 1.29 is 4.52 Å². The minimum Gasteiger partial charge on any atom is -0.338 e. The minimum absolute atomic E-state index is 0.549. The molecule has 68 valence electrons. The fourth-order valence-electron chi connectivity index (χ4n) is 1.04. The zero-order chi connectivity index (χ0) is 8.81. The smallest absolute Gasteiger partial charge is 0.238 e. The molecule has 0 bridgehead atoms. The zero-order valence-electron chi connectivity index (χ0n) is 7.22. The molecule has 0 atom stereocenters. The summed E-state index contributed by atoms with van der Waals surface area (Å²) >= 11 is 3.14. The second kappa shape index (κ2) is 5.30. The van der Waals surface area contributed by atoms with Gasteiger partial charge < -0.3 is 4.52 Å². The standard InChI is InChI=1S/C8H13BrN2O/c1-2-3-4-5-6-7-10-8(9)11-12-7/h2-6H2,1H3. The van der Waals surface area contributed by atoms with Gasteiger partial charge in [0.25, 0.3) is 0 Å². The topological polar surface area (TPSA) is 38.9 Å². The lowest BCUT2D eigenvalue weighted by Gasteiger charge is -1.93. The van der Waals surface area contributed by atoms with E-state index in [1.165, 1.54) is 19.3 Å². The van der Waals surface area contributed by atoms with Gasteiger partial charge in [-0.3, -0.25) is 0 Å². The Morgan fingerprint density at radius 3 is 2.75 bits per heavy atom. The van der Waals surface area contributed by atoms with Crippen molar-refractivity contribution in [2.45, 2.75) is 39.0 Å². The van der Waals surface area contributed by atoms with Crippen LogP contribution in [-0.4, -0.2) is 10.1 Å². The first kappa shape index (κ1) is 9.71. The van der Waals surface area contributed by atoms with Crippen molar-refractivity contribution in [3.63, 3.8) is 0 Å². The van der Waals surface area contributed by atoms with Crippen LogP contribution in [0.4, 0.5) is 0 Å². The van der Waals surface area contributed by atoms with Gasteiger partial charge in [-0.2, -0.15) is 4.98 Å². The molecular formula is C8H13BrN2O. The molecule has 0 spiro atoms. The number of hydrogen-bond acceptors (Lipinski definition) is 3. The largest absolute Gasteiger partial charge is 0.338 e. The van der Waals surface area contributed by atoms with Gasteiger partial charge in [0.05, 0.1) is 0 Å². The molecule has 1 heterocycles. The molecule has 1 aromatic rings. The molecule has 0 aliphatic heterocycles. The van der Waals surface area contributed by atoms with Crippen LogP contribution in [0.3, 0.4) is 0 Å². The van der Waals surface area contributed by atoms with Gasteiger partial charge in [-0.05, 0) is 27.5 Å². The van der Waals surface area contributed by atoms with Crippen LogP contribution in [0.15, 0.2) is 9.26 Å². The molecule has 1 rings (SSSR count). The molecule has 0 saturated heterocycles. The Bertz CT molecular complexity index is 225. The van der Waals surface area contributed by atoms with Gasteiger partial charge in [-0.1, -0.05) is 26.2 Å². The fourth-order valence-corrected chi connectivity index (χ4v) is 1.31. The van der Waals surface area contributed by atoms with Crippen LogP contribution in [0.2, 0.25) is 0 Å². The molecule has 12 heavy (non-hydrogen) atoms. The first-order chi connectivity index (χ1) is 5.83. The summed E-state index contributed by atoms with van der Waals surface area (Å²) in [5.41, 5.74) is 0. The van der Waals surface area contributed by atoms with E-state index in [1.54, 1.807) is 0 Å². The van der Waals surface area contributed by atoms with Crippen molar-refractivity contribution in [1.82, 2.24) is 10.1 Å². The van der Waals surface area contributed by atoms with Gasteiger partial charge in [0.15, 0.2) is 0 Å². The molecule has 0 radical (unpaired) electrons. The lowest BCUT2D eigenvalue weighted by atomic mass is 10.1. The number of nitrogens with zero attached hydrogens (tertiary/aromatic N) is 2. The summed E-state index contributed by atoms with van der Waals surface area (Å²) in [6.07, 6.45) is 5.83. The summed E-state index contributed by atoms with van der Waals surface area (Å²) in [4.78, 5) is 4.05. The molecular weight excluding hydrogens is 220 g/mol. The predicted octanol–water partition coefficient (Wildman–Crippen LogP) is 2.95. The molecule has 0 aliphatic carbocycles. The SMILES string of the molecule is CCCCCCc1nc(Br)no1. The van der Waals surface area contributed by atoms with Crippen LogP contribution in [0.25, 0.3) is 0 Å². The molecule has 4 heteroatoms. The average Bonchev–Trinajstić information content (AvgIpc) is 2.45. The van der Waals surface area contributed by atoms with Gasteiger partial charge in [0.1, 0.15) is 0 Å². The van der Waals surface area contributed by atoms with Crippen molar-refractivity contribution in [3.8, 4) is 0 Å². The lowest BCUT2D eigenvalue weighted by molar-refractivity contribution is 0.370. The lowest BCUT2D eigenvalue weighted by Crippen LogP contribution is -1.85. The second-order valence-electron chi connectivity index (χ2n) is 2.77. The number of halogens is 1. The Morgan fingerprint density at radius 1 is 1.33 bits per heavy atom. The van der Waals surface area contributed by atoms with E-state index in [1.807, 2.05) is 0 Å². The third-order valence-corrected chi connectivity index (χ3v) is 2.01. The Kier molecular flexibility index (Phi) is 4.29. The Morgan fingerprint density at radius 2 is 2.17 bits per heavy atom. The van der Waals surface area contributed by atoms with Crippen LogP contribution >= 0.6 is 15.9 Å². The van der Waals surface area contributed by atoms with Gasteiger partial charge in [0.2, 0.25) is 10.6 Å². The molecule has 0 amide bonds. The fraction of sp³-hybridized carbons (Fsp3) is 0.750. The number of hydrogen-bond donors (Lipinski definition) is 0. The van der Waals surface area contributed by atoms with Crippen LogP contribution in [0.5, 0.6) is 0 Å². The third kappa shape index (κ3) is 3.34. The Labute approximate surface area is 80.7 Å². The average molecular weight is 233 g/mol. The van der Waals surface area contributed by atoms with Crippen molar-refractivity contribution in [2.75, 3.05) is 0 Å². The van der Waals surface area contributed by atoms with Crippen LogP contribution < -0.4 is 0 Å². The van der Waals surface area contributed by atoms with E-state index in [0.29, 0.717) is 4.73 Å². The molecule has 3 nitrogen and oxygen atoms in total. The highest BCUT2D eigenvalue weighted by molar-refractivity contribution is 9.10. The van der Waals surface area contributed by atoms with Crippen LogP contribution in [0.1, 0.15) is 38.5 Å². The van der Waals surface area contributed by atoms with Crippen molar-refractivity contribution in [3.05, 3.63) is 10.6 Å². The highest BCUT2D eigenvalue weighted by atomic mass is 79.9. The number of aryl methyl sites for hydroxylation is 1. The van der Waals surface area contributed by atoms with E-state index in [2.05, 4.69) is 33.0 Å². The first-order valence-electron chi connectivity index (χ1n) is 4.31. The predicted molar refractivity (Wildman–Crippen MR) is 49.8 cm³/mol. The molecule has 0 unspecified atom stereocenters. The maximum Gasteiger partial charge on any atom is 0.238 e. The second-order valence-corrected chi connectivity index (χ2v) is 3.48. The highest BCUT2D eigenvalue weighted by Crippen LogP contribution is 2.08. The van der Waals surface area contributed by atoms with E-state index >= 15 is 0 Å². The molecule has 0 saturated carbocycles. The van der Waals surface area contributed by atoms with Crippen molar-refractivity contribution in [2.24, 2.45) is 0 Å². The Balaban J connectivity index is 2.15. The van der Waals surface area contributed by atoms with Gasteiger partial charge in [-0.15, -0.1) is 0 Å². The maximum atomic E-state index is 4.94. The van der Waals surface area contributed by atoms with Crippen molar-refractivity contribution in [1.29, 1.82) is 0 Å². The highest BCUT2D eigenvalue weighted by Gasteiger charge is 2.01. The summed E-state index contributed by atoms with van der Waals surface area (Å²) in [7, 11) is 0. The molecule has 0 aromatic carbocycles. The quantitative estimate of drug-likeness (QED) is 0.734. The number of aromatic nitrogens is 2. The van der Waals surface area contributed by atoms with E-state index in [0.717, 1.165) is 18.7 Å². The molecule has 0 N–H and O–H groups in total. The van der Waals surface area contributed by atoms with E-state index < -0.39 is 0 Å². The first-order valence-corrected chi connectivity index (χ1v) is 5.10. The summed E-state index contributed by atoms with van der Waals surface area (Å²) in [5, 5.41) is 3.65. The molecule has 0 fully saturated rings. The van der Waals surface area contributed by atoms with Crippen molar-refractivity contribution >= 4 is 15.9 Å². The number of rotatable bonds is 5. The van der Waals surface area contributed by atoms with E-state index in [4.69, 9.17) is 4.52 Å². The van der Waals surface area contributed by atoms with Crippen LogP contribution in [-0.2, 0) is 6.42 Å². The molecule has 1 aromatic heterocycles. The van der Waals surface area contributed by atoms with Gasteiger partial charge >= 0.3 is 0 Å². The summed E-state index contributed by atoms with van der Waals surface area (Å²) < 4.78 is 5.49. The zero-order valence-corrected chi connectivity index (χ0v) is 8.80. The van der Waals surface area contributed by atoms with Gasteiger partial charge in [-0.25, -0.2) is 0 Å². The summed E-state index contributed by atoms with van der Waals surface area (Å²) in [6.45, 7) is 2.20. The number of unbranched alkanes of at least 4 members (excludes halogenated alkanes) is 3. The van der Waals surface area contributed by atoms with E-state index in [-0.39, 0.29) is 0 Å². The summed E-state index contributed by atoms with van der Waals surface area (Å²) in [6, 6.07) is 0. The van der Waals surface area contributed by atoms with Gasteiger partial charge in [0, 0.05) is 6.42 Å². The normalized spacial score (nSPS) is 10.5. The van der Waals surface area contributed by atoms with E-state index in [9.17, 15) is 0 Å².